The van der Waals surface area contributed by atoms with Crippen molar-refractivity contribution in [3.63, 3.8) is 0 Å². The predicted molar refractivity (Wildman–Crippen MR) is 142 cm³/mol. The van der Waals surface area contributed by atoms with Gasteiger partial charge in [0.05, 0.1) is 28.9 Å². The average Bonchev–Trinajstić information content (AvgIpc) is 3.30. The van der Waals surface area contributed by atoms with Crippen LogP contribution in [0.2, 0.25) is 0 Å². The zero-order chi connectivity index (χ0) is 25.2. The van der Waals surface area contributed by atoms with Gasteiger partial charge in [-0.05, 0) is 60.4 Å². The number of amides is 1. The molecule has 0 spiro atoms. The first-order valence-electron chi connectivity index (χ1n) is 12.3. The average molecular weight is 489 g/mol. The van der Waals surface area contributed by atoms with Crippen LogP contribution >= 0.6 is 0 Å². The van der Waals surface area contributed by atoms with Gasteiger partial charge in [-0.3, -0.25) is 9.69 Å². The van der Waals surface area contributed by atoms with Gasteiger partial charge in [0.1, 0.15) is 12.1 Å². The van der Waals surface area contributed by atoms with Crippen LogP contribution < -0.4 is 4.90 Å². The summed E-state index contributed by atoms with van der Waals surface area (Å²) in [6.45, 7) is -0.0413. The quantitative estimate of drug-likeness (QED) is 0.264. The molecule has 4 aromatic carbocycles. The van der Waals surface area contributed by atoms with Crippen LogP contribution in [0, 0.1) is 0 Å². The molecule has 0 unspecified atom stereocenters. The normalized spacial score (nSPS) is 12.5. The lowest BCUT2D eigenvalue weighted by Crippen LogP contribution is -2.28. The molecule has 0 saturated carbocycles. The van der Waals surface area contributed by atoms with Crippen LogP contribution in [0.5, 0.6) is 0 Å². The van der Waals surface area contributed by atoms with Crippen LogP contribution in [-0.4, -0.2) is 23.5 Å². The van der Waals surface area contributed by atoms with Crippen molar-refractivity contribution in [2.45, 2.75) is 19.3 Å². The van der Waals surface area contributed by atoms with Crippen molar-refractivity contribution in [1.29, 1.82) is 0 Å². The molecule has 1 aliphatic rings. The Balaban J connectivity index is 1.20. The first kappa shape index (κ1) is 22.7. The predicted octanol–water partition coefficient (Wildman–Crippen LogP) is 6.51. The lowest BCUT2D eigenvalue weighted by atomic mass is 10.0. The molecular weight excluding hydrogens is 464 g/mol. The van der Waals surface area contributed by atoms with E-state index in [4.69, 9.17) is 9.15 Å². The van der Waals surface area contributed by atoms with E-state index in [9.17, 15) is 9.59 Å². The molecule has 0 saturated heterocycles. The van der Waals surface area contributed by atoms with Gasteiger partial charge in [0.15, 0.2) is 5.58 Å². The summed E-state index contributed by atoms with van der Waals surface area (Å²) in [5, 5.41) is 0. The summed E-state index contributed by atoms with van der Waals surface area (Å²) in [6, 6.07) is 30.4. The zero-order valence-corrected chi connectivity index (χ0v) is 20.1. The van der Waals surface area contributed by atoms with Crippen molar-refractivity contribution >= 4 is 34.4 Å². The number of fused-ring (bicyclic) bond motifs is 3. The number of nitrogens with zero attached hydrogens (tertiary/aromatic N) is 2. The van der Waals surface area contributed by atoms with E-state index in [0.29, 0.717) is 28.1 Å². The Morgan fingerprint density at radius 3 is 2.14 bits per heavy atom. The number of esters is 1. The first-order valence-corrected chi connectivity index (χ1v) is 12.3. The maximum Gasteiger partial charge on any atom is 0.338 e. The number of rotatable bonds is 5. The Kier molecular flexibility index (Phi) is 5.98. The minimum atomic E-state index is -0.526. The largest absolute Gasteiger partial charge is 0.462 e. The standard InChI is InChI=1S/C31H24N2O4/c34-29(33-26-14-6-1-9-21(26)17-18-22-10-2-7-15-27(22)33)19-20-36-31(35)24-12-4-3-11-23(24)30-32-25-13-5-8-16-28(25)37-30/h1-16H,17-20H2. The molecule has 182 valence electrons. The maximum absolute atomic E-state index is 13.5. The van der Waals surface area contributed by atoms with Crippen molar-refractivity contribution in [3.05, 3.63) is 114 Å². The molecule has 0 N–H and O–H groups in total. The number of oxazole rings is 1. The Hall–Kier alpha value is -4.71. The fraction of sp³-hybridized carbons (Fsp3) is 0.129. The molecule has 0 radical (unpaired) electrons. The van der Waals surface area contributed by atoms with Crippen LogP contribution in [0.4, 0.5) is 11.4 Å². The lowest BCUT2D eigenvalue weighted by Gasteiger charge is -2.25. The summed E-state index contributed by atoms with van der Waals surface area (Å²) < 4.78 is 11.4. The molecule has 37 heavy (non-hydrogen) atoms. The van der Waals surface area contributed by atoms with Crippen molar-refractivity contribution in [2.75, 3.05) is 11.5 Å². The second-order valence-electron chi connectivity index (χ2n) is 8.90. The highest BCUT2D eigenvalue weighted by atomic mass is 16.5. The van der Waals surface area contributed by atoms with E-state index in [1.807, 2.05) is 66.7 Å². The molecular formula is C31H24N2O4. The van der Waals surface area contributed by atoms with E-state index >= 15 is 0 Å². The minimum Gasteiger partial charge on any atom is -0.462 e. The third kappa shape index (κ3) is 4.38. The number of para-hydroxylation sites is 4. The Bertz CT molecular complexity index is 1540. The van der Waals surface area contributed by atoms with Crippen LogP contribution in [0.3, 0.4) is 0 Å². The van der Waals surface area contributed by atoms with Gasteiger partial charge < -0.3 is 9.15 Å². The Morgan fingerprint density at radius 2 is 1.41 bits per heavy atom. The number of anilines is 2. The highest BCUT2D eigenvalue weighted by Crippen LogP contribution is 2.36. The number of carbonyl (C=O) groups excluding carboxylic acids is 2. The fourth-order valence-corrected chi connectivity index (χ4v) is 4.80. The molecule has 1 aliphatic heterocycles. The molecule has 1 amide bonds. The highest BCUT2D eigenvalue weighted by Gasteiger charge is 2.26. The molecule has 6 heteroatoms. The first-order chi connectivity index (χ1) is 18.2. The van der Waals surface area contributed by atoms with E-state index in [2.05, 4.69) is 17.1 Å². The minimum absolute atomic E-state index is 0.0413. The highest BCUT2D eigenvalue weighted by molar-refractivity contribution is 6.02. The summed E-state index contributed by atoms with van der Waals surface area (Å²) in [4.78, 5) is 32.8. The van der Waals surface area contributed by atoms with E-state index in [1.165, 1.54) is 0 Å². The van der Waals surface area contributed by atoms with E-state index in [0.717, 1.165) is 35.3 Å². The number of benzene rings is 4. The number of carbonyl (C=O) groups is 2. The second kappa shape index (κ2) is 9.74. The van der Waals surface area contributed by atoms with E-state index < -0.39 is 5.97 Å². The number of hydrogen-bond donors (Lipinski definition) is 0. The van der Waals surface area contributed by atoms with Crippen molar-refractivity contribution < 1.29 is 18.7 Å². The van der Waals surface area contributed by atoms with Gasteiger partial charge >= 0.3 is 5.97 Å². The van der Waals surface area contributed by atoms with Gasteiger partial charge in [0.2, 0.25) is 11.8 Å². The molecule has 6 nitrogen and oxygen atoms in total. The SMILES string of the molecule is O=C(OCCC(=O)N1c2ccccc2CCc2ccccc21)c1ccccc1-c1nc2ccccc2o1. The van der Waals surface area contributed by atoms with Crippen molar-refractivity contribution in [3.8, 4) is 11.5 Å². The van der Waals surface area contributed by atoms with E-state index in [1.54, 1.807) is 23.1 Å². The number of hydrogen-bond acceptors (Lipinski definition) is 5. The van der Waals surface area contributed by atoms with Crippen LogP contribution in [0.15, 0.2) is 101 Å². The zero-order valence-electron chi connectivity index (χ0n) is 20.1. The second-order valence-corrected chi connectivity index (χ2v) is 8.90. The van der Waals surface area contributed by atoms with Crippen molar-refractivity contribution in [1.82, 2.24) is 4.98 Å². The molecule has 0 aliphatic carbocycles. The van der Waals surface area contributed by atoms with Gasteiger partial charge in [-0.2, -0.15) is 0 Å². The smallest absolute Gasteiger partial charge is 0.338 e. The summed E-state index contributed by atoms with van der Waals surface area (Å²) in [5.41, 5.74) is 6.24. The number of aromatic nitrogens is 1. The topological polar surface area (TPSA) is 72.6 Å². The van der Waals surface area contributed by atoms with Gasteiger partial charge in [0.25, 0.3) is 0 Å². The third-order valence-electron chi connectivity index (χ3n) is 6.60. The molecule has 5 aromatic rings. The van der Waals surface area contributed by atoms with Crippen LogP contribution in [0.25, 0.3) is 22.6 Å². The summed E-state index contributed by atoms with van der Waals surface area (Å²) in [6.07, 6.45) is 1.77. The van der Waals surface area contributed by atoms with Crippen molar-refractivity contribution in [2.24, 2.45) is 0 Å². The third-order valence-corrected chi connectivity index (χ3v) is 6.60. The Labute approximate surface area is 214 Å². The van der Waals surface area contributed by atoms with Crippen LogP contribution in [0.1, 0.15) is 27.9 Å². The van der Waals surface area contributed by atoms with Crippen LogP contribution in [-0.2, 0) is 22.4 Å². The van der Waals surface area contributed by atoms with Gasteiger partial charge in [-0.1, -0.05) is 60.7 Å². The molecule has 0 fully saturated rings. The fourth-order valence-electron chi connectivity index (χ4n) is 4.80. The number of ether oxygens (including phenoxy) is 1. The monoisotopic (exact) mass is 488 g/mol. The lowest BCUT2D eigenvalue weighted by molar-refractivity contribution is -0.118. The van der Waals surface area contributed by atoms with E-state index in [-0.39, 0.29) is 18.9 Å². The van der Waals surface area contributed by atoms with Gasteiger partial charge in [0, 0.05) is 0 Å². The Morgan fingerprint density at radius 1 is 0.784 bits per heavy atom. The molecule has 2 heterocycles. The summed E-state index contributed by atoms with van der Waals surface area (Å²) >= 11 is 0. The maximum atomic E-state index is 13.5. The molecule has 6 rings (SSSR count). The molecule has 1 aromatic heterocycles. The van der Waals surface area contributed by atoms with Gasteiger partial charge in [-0.25, -0.2) is 9.78 Å². The summed E-state index contributed by atoms with van der Waals surface area (Å²) in [7, 11) is 0. The molecule has 0 bridgehead atoms. The molecule has 0 atom stereocenters. The van der Waals surface area contributed by atoms with Gasteiger partial charge in [-0.15, -0.1) is 0 Å². The summed E-state index contributed by atoms with van der Waals surface area (Å²) in [5.74, 6) is -0.299. The number of aryl methyl sites for hydroxylation is 2.